The minimum absolute atomic E-state index is 0.237. The van der Waals surface area contributed by atoms with Crippen molar-refractivity contribution in [1.29, 1.82) is 0 Å². The van der Waals surface area contributed by atoms with Crippen molar-refractivity contribution in [2.24, 2.45) is 0 Å². The second kappa shape index (κ2) is 6.29. The normalized spacial score (nSPS) is 23.0. The highest BCUT2D eigenvalue weighted by Crippen LogP contribution is 2.23. The Morgan fingerprint density at radius 2 is 2.33 bits per heavy atom. The summed E-state index contributed by atoms with van der Waals surface area (Å²) in [6, 6.07) is 6.27. The van der Waals surface area contributed by atoms with Crippen LogP contribution in [-0.2, 0) is 6.42 Å². The lowest BCUT2D eigenvalue weighted by Crippen LogP contribution is -2.47. The van der Waals surface area contributed by atoms with E-state index in [1.165, 1.54) is 0 Å². The molecule has 0 radical (unpaired) electrons. The van der Waals surface area contributed by atoms with Crippen LogP contribution in [0, 0.1) is 6.92 Å². The van der Waals surface area contributed by atoms with Gasteiger partial charge in [0.25, 0.3) is 0 Å². The summed E-state index contributed by atoms with van der Waals surface area (Å²) in [5, 5.41) is 11.1. The molecule has 0 aliphatic carbocycles. The maximum absolute atomic E-state index is 10.4. The van der Waals surface area contributed by atoms with Crippen LogP contribution in [-0.4, -0.2) is 47.3 Å². The Hall–Kier alpha value is -0.220. The molecule has 18 heavy (non-hydrogen) atoms. The molecule has 0 spiro atoms. The Morgan fingerprint density at radius 1 is 1.56 bits per heavy atom. The van der Waals surface area contributed by atoms with Crippen molar-refractivity contribution in [2.45, 2.75) is 25.5 Å². The molecule has 1 aliphatic rings. The summed E-state index contributed by atoms with van der Waals surface area (Å²) in [5.74, 6) is 2.16. The number of rotatable bonds is 3. The molecule has 4 heteroatoms. The second-order valence-corrected chi connectivity index (χ2v) is 6.55. The van der Waals surface area contributed by atoms with E-state index in [9.17, 15) is 5.11 Å². The number of likely N-dealkylation sites (N-methyl/N-ethyl adjacent to an activating group) is 1. The molecule has 2 atom stereocenters. The summed E-state index contributed by atoms with van der Waals surface area (Å²) in [5.41, 5.74) is 2.20. The minimum atomic E-state index is -0.344. The third-order valence-electron chi connectivity index (χ3n) is 3.52. The van der Waals surface area contributed by atoms with E-state index in [0.29, 0.717) is 6.42 Å². The second-order valence-electron chi connectivity index (χ2n) is 4.99. The zero-order valence-electron chi connectivity index (χ0n) is 10.9. The van der Waals surface area contributed by atoms with Gasteiger partial charge in [0.1, 0.15) is 0 Å². The molecule has 100 valence electrons. The first-order valence-corrected chi connectivity index (χ1v) is 7.82. The molecule has 2 nitrogen and oxygen atoms in total. The van der Waals surface area contributed by atoms with Gasteiger partial charge in [0.05, 0.1) is 6.10 Å². The maximum Gasteiger partial charge on any atom is 0.0744 e. The van der Waals surface area contributed by atoms with Gasteiger partial charge in [-0.2, -0.15) is 11.8 Å². The van der Waals surface area contributed by atoms with E-state index in [1.54, 1.807) is 0 Å². The van der Waals surface area contributed by atoms with E-state index in [-0.39, 0.29) is 12.1 Å². The van der Waals surface area contributed by atoms with Crippen LogP contribution in [0.5, 0.6) is 0 Å². The van der Waals surface area contributed by atoms with Gasteiger partial charge in [-0.15, -0.1) is 0 Å². The van der Waals surface area contributed by atoms with Crippen LogP contribution >= 0.6 is 23.4 Å². The molecule has 1 fully saturated rings. The van der Waals surface area contributed by atoms with Crippen LogP contribution in [0.3, 0.4) is 0 Å². The molecule has 2 unspecified atom stereocenters. The van der Waals surface area contributed by atoms with Gasteiger partial charge >= 0.3 is 0 Å². The maximum atomic E-state index is 10.4. The highest BCUT2D eigenvalue weighted by molar-refractivity contribution is 7.99. The van der Waals surface area contributed by atoms with Gasteiger partial charge in [-0.05, 0) is 31.2 Å². The fourth-order valence-electron chi connectivity index (χ4n) is 2.29. The van der Waals surface area contributed by atoms with Crippen molar-refractivity contribution in [3.05, 3.63) is 34.3 Å². The summed E-state index contributed by atoms with van der Waals surface area (Å²) >= 11 is 8.14. The molecule has 0 bridgehead atoms. The van der Waals surface area contributed by atoms with Gasteiger partial charge in [-0.3, -0.25) is 4.90 Å². The first-order chi connectivity index (χ1) is 8.58. The standard InChI is InChI=1S/C14H20ClNOS/c1-10-3-4-11(12(15)7-10)8-14(17)13-9-18-6-5-16(13)2/h3-4,7,13-14,17H,5-6,8-9H2,1-2H3. The van der Waals surface area contributed by atoms with Crippen LogP contribution in [0.25, 0.3) is 0 Å². The Morgan fingerprint density at radius 3 is 3.00 bits per heavy atom. The lowest BCUT2D eigenvalue weighted by atomic mass is 10.0. The predicted octanol–water partition coefficient (Wildman–Crippen LogP) is 2.60. The summed E-state index contributed by atoms with van der Waals surface area (Å²) in [6.45, 7) is 3.08. The summed E-state index contributed by atoms with van der Waals surface area (Å²) in [6.07, 6.45) is 0.289. The number of aliphatic hydroxyl groups excluding tert-OH is 1. The van der Waals surface area contributed by atoms with Crippen molar-refractivity contribution in [3.63, 3.8) is 0 Å². The summed E-state index contributed by atoms with van der Waals surface area (Å²) in [7, 11) is 2.09. The molecule has 1 heterocycles. The van der Waals surface area contributed by atoms with E-state index in [4.69, 9.17) is 11.6 Å². The number of nitrogens with zero attached hydrogens (tertiary/aromatic N) is 1. The van der Waals surface area contributed by atoms with Gasteiger partial charge < -0.3 is 5.11 Å². The van der Waals surface area contributed by atoms with Gasteiger partial charge in [-0.1, -0.05) is 23.7 Å². The zero-order valence-corrected chi connectivity index (χ0v) is 12.5. The number of hydrogen-bond acceptors (Lipinski definition) is 3. The Balaban J connectivity index is 2.03. The largest absolute Gasteiger partial charge is 0.391 e. The molecule has 2 rings (SSSR count). The number of benzene rings is 1. The van der Waals surface area contributed by atoms with Gasteiger partial charge in [0.15, 0.2) is 0 Å². The molecule has 0 saturated carbocycles. The average Bonchev–Trinajstić information content (AvgIpc) is 2.33. The topological polar surface area (TPSA) is 23.5 Å². The average molecular weight is 286 g/mol. The Bertz CT molecular complexity index is 413. The van der Waals surface area contributed by atoms with Crippen molar-refractivity contribution in [1.82, 2.24) is 4.90 Å². The van der Waals surface area contributed by atoms with Crippen LogP contribution < -0.4 is 0 Å². The highest BCUT2D eigenvalue weighted by atomic mass is 35.5. The fraction of sp³-hybridized carbons (Fsp3) is 0.571. The van der Waals surface area contributed by atoms with Gasteiger partial charge in [0, 0.05) is 35.5 Å². The van der Waals surface area contributed by atoms with E-state index >= 15 is 0 Å². The van der Waals surface area contributed by atoms with E-state index in [0.717, 1.165) is 34.2 Å². The highest BCUT2D eigenvalue weighted by Gasteiger charge is 2.26. The number of halogens is 1. The van der Waals surface area contributed by atoms with Crippen LogP contribution in [0.15, 0.2) is 18.2 Å². The fourth-order valence-corrected chi connectivity index (χ4v) is 3.90. The first kappa shape index (κ1) is 14.2. The molecular weight excluding hydrogens is 266 g/mol. The predicted molar refractivity (Wildman–Crippen MR) is 79.6 cm³/mol. The van der Waals surface area contributed by atoms with Gasteiger partial charge in [0.2, 0.25) is 0 Å². The molecule has 1 aromatic rings. The van der Waals surface area contributed by atoms with Crippen LogP contribution in [0.2, 0.25) is 5.02 Å². The number of aryl methyl sites for hydroxylation is 1. The van der Waals surface area contributed by atoms with E-state index in [1.807, 2.05) is 36.9 Å². The molecule has 0 amide bonds. The van der Waals surface area contributed by atoms with Crippen LogP contribution in [0.4, 0.5) is 0 Å². The lowest BCUT2D eigenvalue weighted by molar-refractivity contribution is 0.0763. The van der Waals surface area contributed by atoms with E-state index < -0.39 is 0 Å². The summed E-state index contributed by atoms with van der Waals surface area (Å²) < 4.78 is 0. The van der Waals surface area contributed by atoms with Crippen molar-refractivity contribution in [3.8, 4) is 0 Å². The monoisotopic (exact) mass is 285 g/mol. The minimum Gasteiger partial charge on any atom is -0.391 e. The van der Waals surface area contributed by atoms with Crippen LogP contribution in [0.1, 0.15) is 11.1 Å². The number of hydrogen-bond donors (Lipinski definition) is 1. The molecule has 0 aromatic heterocycles. The Kier molecular flexibility index (Phi) is 4.96. The lowest BCUT2D eigenvalue weighted by Gasteiger charge is -2.35. The smallest absolute Gasteiger partial charge is 0.0744 e. The Labute approximate surface area is 118 Å². The van der Waals surface area contributed by atoms with E-state index in [2.05, 4.69) is 11.9 Å². The third-order valence-corrected chi connectivity index (χ3v) is 4.93. The number of aliphatic hydroxyl groups is 1. The SMILES string of the molecule is Cc1ccc(CC(O)C2CSCCN2C)c(Cl)c1. The van der Waals surface area contributed by atoms with Crippen molar-refractivity contribution >= 4 is 23.4 Å². The molecule has 1 aromatic carbocycles. The first-order valence-electron chi connectivity index (χ1n) is 6.29. The molecule has 1 saturated heterocycles. The van der Waals surface area contributed by atoms with Crippen molar-refractivity contribution in [2.75, 3.05) is 25.1 Å². The molecular formula is C14H20ClNOS. The zero-order chi connectivity index (χ0) is 13.1. The summed E-state index contributed by atoms with van der Waals surface area (Å²) in [4.78, 5) is 2.25. The number of thioether (sulfide) groups is 1. The van der Waals surface area contributed by atoms with Crippen molar-refractivity contribution < 1.29 is 5.11 Å². The molecule has 1 N–H and O–H groups in total. The van der Waals surface area contributed by atoms with Gasteiger partial charge in [-0.25, -0.2) is 0 Å². The molecule has 1 aliphatic heterocycles. The quantitative estimate of drug-likeness (QED) is 0.923. The third kappa shape index (κ3) is 3.41.